The second kappa shape index (κ2) is 24.1. The van der Waals surface area contributed by atoms with Crippen LogP contribution in [0.15, 0.2) is 147 Å². The lowest BCUT2D eigenvalue weighted by Gasteiger charge is -2.32. The van der Waals surface area contributed by atoms with Gasteiger partial charge in [0, 0.05) is 48.4 Å². The molecular weight excluding hydrogens is 769 g/mol. The van der Waals surface area contributed by atoms with Crippen molar-refractivity contribution in [1.82, 2.24) is 35.1 Å². The lowest BCUT2D eigenvalue weighted by molar-refractivity contribution is -0.131. The summed E-state index contributed by atoms with van der Waals surface area (Å²) in [5, 5.41) is 23.6. The molecule has 5 aromatic rings. The van der Waals surface area contributed by atoms with Crippen molar-refractivity contribution in [1.29, 1.82) is 0 Å². The molecule has 0 saturated heterocycles. The molecule has 0 bridgehead atoms. The van der Waals surface area contributed by atoms with Gasteiger partial charge in [-0.05, 0) is 80.9 Å². The van der Waals surface area contributed by atoms with E-state index in [1.165, 1.54) is 49.0 Å². The van der Waals surface area contributed by atoms with E-state index in [4.69, 9.17) is 5.11 Å². The van der Waals surface area contributed by atoms with Gasteiger partial charge in [0.25, 0.3) is 5.56 Å². The first-order valence-corrected chi connectivity index (χ1v) is 19.8. The van der Waals surface area contributed by atoms with E-state index < -0.39 is 5.97 Å². The van der Waals surface area contributed by atoms with Crippen LogP contribution in [0.1, 0.15) is 53.9 Å². The van der Waals surface area contributed by atoms with Gasteiger partial charge in [0.2, 0.25) is 17.8 Å². The van der Waals surface area contributed by atoms with E-state index in [9.17, 15) is 9.59 Å². The average Bonchev–Trinajstić information content (AvgIpc) is 3.71. The number of hydrogen-bond acceptors (Lipinski definition) is 12. The molecule has 0 unspecified atom stereocenters. The van der Waals surface area contributed by atoms with Crippen molar-refractivity contribution >= 4 is 46.2 Å². The zero-order chi connectivity index (χ0) is 45.0. The van der Waals surface area contributed by atoms with Crippen LogP contribution >= 0.6 is 0 Å². The minimum atomic E-state index is -0.912. The molecule has 3 heterocycles. The molecule has 0 amide bonds. The minimum Gasteiger partial charge on any atom is -0.478 e. The maximum Gasteiger partial charge on any atom is 0.328 e. The summed E-state index contributed by atoms with van der Waals surface area (Å²) in [7, 11) is 11.5. The maximum atomic E-state index is 10.9. The predicted molar refractivity (Wildman–Crippen MR) is 248 cm³/mol. The number of azo groups is 1. The first-order valence-electron chi connectivity index (χ1n) is 19.8. The van der Waals surface area contributed by atoms with Gasteiger partial charge in [-0.25, -0.2) is 9.78 Å². The van der Waals surface area contributed by atoms with Gasteiger partial charge in [-0.2, -0.15) is 30.3 Å². The highest BCUT2D eigenvalue weighted by molar-refractivity contribution is 5.81. The van der Waals surface area contributed by atoms with Crippen molar-refractivity contribution in [3.8, 4) is 0 Å². The number of carboxylic acid groups (broad SMARTS) is 1. The molecule has 0 fully saturated rings. The van der Waals surface area contributed by atoms with Gasteiger partial charge in [-0.15, -0.1) is 0 Å². The Hall–Kier alpha value is -7.03. The number of allylic oxidation sites excluding steroid dienone is 9. The van der Waals surface area contributed by atoms with Gasteiger partial charge < -0.3 is 24.8 Å². The highest BCUT2D eigenvalue weighted by Crippen LogP contribution is 2.40. The van der Waals surface area contributed by atoms with E-state index in [0.29, 0.717) is 28.9 Å². The molecule has 15 heteroatoms. The number of H-pyrrole nitrogens is 2. The molecule has 0 aliphatic heterocycles. The molecule has 2 aromatic carbocycles. The van der Waals surface area contributed by atoms with Crippen LogP contribution in [0.2, 0.25) is 0 Å². The summed E-state index contributed by atoms with van der Waals surface area (Å²) >= 11 is 0. The quantitative estimate of drug-likeness (QED) is 0.0692. The van der Waals surface area contributed by atoms with Crippen molar-refractivity contribution in [3.63, 3.8) is 0 Å². The topological polar surface area (TPSA) is 185 Å². The van der Waals surface area contributed by atoms with Crippen molar-refractivity contribution in [2.75, 3.05) is 57.0 Å². The number of aromatic nitrogens is 7. The minimum absolute atomic E-state index is 0.168. The molecule has 6 rings (SSSR count). The summed E-state index contributed by atoms with van der Waals surface area (Å²) in [6, 6.07) is 19.4. The highest BCUT2D eigenvalue weighted by atomic mass is 16.4. The molecule has 0 atom stereocenters. The zero-order valence-corrected chi connectivity index (χ0v) is 37.2. The lowest BCUT2D eigenvalue weighted by Crippen LogP contribution is -2.22. The largest absolute Gasteiger partial charge is 0.478 e. The van der Waals surface area contributed by atoms with Crippen molar-refractivity contribution < 1.29 is 9.90 Å². The van der Waals surface area contributed by atoms with Crippen LogP contribution in [0, 0.1) is 5.41 Å². The van der Waals surface area contributed by atoms with Crippen LogP contribution < -0.4 is 20.3 Å². The van der Waals surface area contributed by atoms with Crippen LogP contribution in [-0.2, 0) is 4.79 Å². The molecule has 0 saturated carbocycles. The Kier molecular flexibility index (Phi) is 19.1. The van der Waals surface area contributed by atoms with Crippen LogP contribution in [0.4, 0.5) is 29.2 Å². The lowest BCUT2D eigenvalue weighted by atomic mass is 9.72. The summed E-state index contributed by atoms with van der Waals surface area (Å²) in [6.45, 7) is 10.7. The molecule has 0 spiro atoms. The van der Waals surface area contributed by atoms with Crippen LogP contribution in [0.3, 0.4) is 0 Å². The van der Waals surface area contributed by atoms with Crippen LogP contribution in [0.25, 0.3) is 11.0 Å². The number of aliphatic carboxylic acids is 1. The van der Waals surface area contributed by atoms with Gasteiger partial charge in [0.05, 0.1) is 23.9 Å². The molecule has 61 heavy (non-hydrogen) atoms. The molecular formula is C46H60N12O3. The van der Waals surface area contributed by atoms with E-state index in [0.717, 1.165) is 22.5 Å². The number of aromatic amines is 2. The van der Waals surface area contributed by atoms with Crippen LogP contribution in [-0.4, -0.2) is 88.5 Å². The summed E-state index contributed by atoms with van der Waals surface area (Å²) in [5.74, 6) is 1.08. The number of carboxylic acids is 1. The molecule has 15 nitrogen and oxygen atoms in total. The van der Waals surface area contributed by atoms with E-state index in [-0.39, 0.29) is 11.0 Å². The zero-order valence-electron chi connectivity index (χ0n) is 37.2. The van der Waals surface area contributed by atoms with Crippen LogP contribution in [0.5, 0.6) is 0 Å². The molecule has 1 aliphatic carbocycles. The number of hydrogen-bond donors (Lipinski definition) is 3. The Morgan fingerprint density at radius 2 is 1.33 bits per heavy atom. The fraction of sp³-hybridized carbons (Fsp3) is 0.326. The molecule has 322 valence electrons. The number of nitrogens with one attached hydrogen (secondary N) is 2. The van der Waals surface area contributed by atoms with E-state index in [2.05, 4.69) is 85.2 Å². The third-order valence-corrected chi connectivity index (χ3v) is 8.97. The van der Waals surface area contributed by atoms with E-state index in [1.807, 2.05) is 130 Å². The van der Waals surface area contributed by atoms with Crippen molar-refractivity contribution in [2.24, 2.45) is 15.6 Å². The van der Waals surface area contributed by atoms with Gasteiger partial charge in [0.15, 0.2) is 5.65 Å². The standard InChI is InChI=1S/C20H28O2.C12H10N2.C9H18N6.C5H4N4O/c1-15(8-6-9-16(2)14-19(21)22)11-12-18-17(3)10-7-13-20(18,4)5;1-3-7-11(8-4-1)13-14-12-9-5-2-6-10-12;1-13(2)7-10-8(14(3)4)12-9(11-7)15(5)6;10-5-3-1-8-9-4(3)6-2-7-5/h6,8-9,11-12,14H,7,10,13H2,1-5H3,(H,21,22);1-10H;1-6H3;1-2H,(H2,6,7,8,9,10)/b9-6+,12-11+,15-8-,16-14+;;;. The summed E-state index contributed by atoms with van der Waals surface area (Å²) in [4.78, 5) is 46.2. The summed E-state index contributed by atoms with van der Waals surface area (Å²) in [6.07, 6.45) is 17.8. The Morgan fingerprint density at radius 3 is 1.79 bits per heavy atom. The first kappa shape index (κ1) is 48.3. The number of carbonyl (C=O) groups is 1. The second-order valence-electron chi connectivity index (χ2n) is 15.4. The fourth-order valence-electron chi connectivity index (χ4n) is 5.70. The fourth-order valence-corrected chi connectivity index (χ4v) is 5.70. The SMILES string of the molecule is CC1=C(/C=C/C(C)=C\C=C\C(C)=C\C(=O)O)C(C)(C)CCC1.CN(C)c1nc(N(C)C)nc(N(C)C)n1.O=c1[nH]cnc2[nH]ncc12.c1ccc(N=Nc2ccccc2)cc1. The number of nitrogens with zero attached hydrogens (tertiary/aromatic N) is 10. The number of anilines is 3. The van der Waals surface area contributed by atoms with Crippen molar-refractivity contribution in [2.45, 2.75) is 53.9 Å². The maximum absolute atomic E-state index is 10.9. The smallest absolute Gasteiger partial charge is 0.328 e. The normalized spacial score (nSPS) is 13.9. The Bertz CT molecular complexity index is 2280. The first-order chi connectivity index (χ1) is 29.0. The third-order valence-electron chi connectivity index (χ3n) is 8.97. The van der Waals surface area contributed by atoms with Gasteiger partial charge in [-0.3, -0.25) is 9.89 Å². The second-order valence-corrected chi connectivity index (χ2v) is 15.4. The summed E-state index contributed by atoms with van der Waals surface area (Å²) < 4.78 is 0. The van der Waals surface area contributed by atoms with Crippen molar-refractivity contribution in [3.05, 3.63) is 142 Å². The third kappa shape index (κ3) is 17.0. The molecule has 1 aliphatic rings. The Balaban J connectivity index is 0.000000224. The van der Waals surface area contributed by atoms with Gasteiger partial charge >= 0.3 is 5.97 Å². The summed E-state index contributed by atoms with van der Waals surface area (Å²) in [5.41, 5.74) is 7.19. The number of benzene rings is 2. The van der Waals surface area contributed by atoms with E-state index in [1.54, 1.807) is 13.0 Å². The average molecular weight is 829 g/mol. The van der Waals surface area contributed by atoms with Gasteiger partial charge in [0.1, 0.15) is 5.39 Å². The van der Waals surface area contributed by atoms with E-state index >= 15 is 0 Å². The molecule has 3 aromatic heterocycles. The monoisotopic (exact) mass is 828 g/mol. The molecule has 3 N–H and O–H groups in total. The predicted octanol–water partition coefficient (Wildman–Crippen LogP) is 9.42. The number of rotatable bonds is 10. The Labute approximate surface area is 359 Å². The Morgan fingerprint density at radius 1 is 0.803 bits per heavy atom. The highest BCUT2D eigenvalue weighted by Gasteiger charge is 2.26. The molecule has 0 radical (unpaired) electrons. The van der Waals surface area contributed by atoms with Gasteiger partial charge in [-0.1, -0.05) is 91.8 Å². The number of fused-ring (bicyclic) bond motifs is 1.